The molecule has 2 aromatic carbocycles. The standard InChI is InChI=1S/C14H12ClF2N/c1-18-8-9-2-3-13(14(15)4-9)10-5-11(16)7-12(17)6-10/h2-7,18H,8H2,1H3. The molecule has 1 N–H and O–H groups in total. The molecule has 0 unspecified atom stereocenters. The van der Waals surface area contributed by atoms with Crippen LogP contribution in [0.4, 0.5) is 8.78 Å². The number of benzene rings is 2. The van der Waals surface area contributed by atoms with Gasteiger partial charge in [-0.15, -0.1) is 0 Å². The number of hydrogen-bond acceptors (Lipinski definition) is 1. The fraction of sp³-hybridized carbons (Fsp3) is 0.143. The minimum Gasteiger partial charge on any atom is -0.316 e. The topological polar surface area (TPSA) is 12.0 Å². The lowest BCUT2D eigenvalue weighted by Gasteiger charge is -2.08. The van der Waals surface area contributed by atoms with Gasteiger partial charge >= 0.3 is 0 Å². The summed E-state index contributed by atoms with van der Waals surface area (Å²) in [5.41, 5.74) is 2.08. The molecule has 0 radical (unpaired) electrons. The molecule has 4 heteroatoms. The molecule has 0 aliphatic carbocycles. The van der Waals surface area contributed by atoms with Crippen LogP contribution in [0.3, 0.4) is 0 Å². The molecule has 0 saturated heterocycles. The SMILES string of the molecule is CNCc1ccc(-c2cc(F)cc(F)c2)c(Cl)c1. The van der Waals surface area contributed by atoms with E-state index in [-0.39, 0.29) is 0 Å². The molecule has 0 atom stereocenters. The highest BCUT2D eigenvalue weighted by atomic mass is 35.5. The molecule has 2 rings (SSSR count). The van der Waals surface area contributed by atoms with E-state index >= 15 is 0 Å². The Morgan fingerprint density at radius 1 is 1.06 bits per heavy atom. The highest BCUT2D eigenvalue weighted by Crippen LogP contribution is 2.29. The van der Waals surface area contributed by atoms with Crippen molar-refractivity contribution in [1.29, 1.82) is 0 Å². The van der Waals surface area contributed by atoms with Gasteiger partial charge in [0.1, 0.15) is 11.6 Å². The summed E-state index contributed by atoms with van der Waals surface area (Å²) in [7, 11) is 1.84. The van der Waals surface area contributed by atoms with Gasteiger partial charge in [-0.05, 0) is 36.4 Å². The second-order valence-electron chi connectivity index (χ2n) is 4.00. The zero-order valence-corrected chi connectivity index (χ0v) is 10.6. The highest BCUT2D eigenvalue weighted by molar-refractivity contribution is 6.33. The van der Waals surface area contributed by atoms with Crippen molar-refractivity contribution in [3.63, 3.8) is 0 Å². The first kappa shape index (κ1) is 13.0. The molecule has 0 heterocycles. The molecular formula is C14H12ClF2N. The van der Waals surface area contributed by atoms with E-state index in [0.717, 1.165) is 11.6 Å². The summed E-state index contributed by atoms with van der Waals surface area (Å²) >= 11 is 6.13. The molecule has 0 bridgehead atoms. The second-order valence-corrected chi connectivity index (χ2v) is 4.41. The summed E-state index contributed by atoms with van der Waals surface area (Å²) in [6.45, 7) is 0.692. The molecule has 2 aromatic rings. The van der Waals surface area contributed by atoms with Crippen LogP contribution in [-0.4, -0.2) is 7.05 Å². The van der Waals surface area contributed by atoms with Gasteiger partial charge in [-0.2, -0.15) is 0 Å². The van der Waals surface area contributed by atoms with Crippen LogP contribution in [0.1, 0.15) is 5.56 Å². The Kier molecular flexibility index (Phi) is 3.94. The van der Waals surface area contributed by atoms with Gasteiger partial charge in [0.15, 0.2) is 0 Å². The molecule has 18 heavy (non-hydrogen) atoms. The van der Waals surface area contributed by atoms with Crippen molar-refractivity contribution in [2.75, 3.05) is 7.05 Å². The Balaban J connectivity index is 2.44. The summed E-state index contributed by atoms with van der Waals surface area (Å²) in [6.07, 6.45) is 0. The van der Waals surface area contributed by atoms with Gasteiger partial charge in [0.25, 0.3) is 0 Å². The van der Waals surface area contributed by atoms with Crippen molar-refractivity contribution in [2.45, 2.75) is 6.54 Å². The first-order chi connectivity index (χ1) is 8.60. The van der Waals surface area contributed by atoms with Gasteiger partial charge in [-0.25, -0.2) is 8.78 Å². The molecule has 1 nitrogen and oxygen atoms in total. The summed E-state index contributed by atoms with van der Waals surface area (Å²) in [4.78, 5) is 0. The van der Waals surface area contributed by atoms with Crippen LogP contribution in [0.15, 0.2) is 36.4 Å². The maximum absolute atomic E-state index is 13.2. The summed E-state index contributed by atoms with van der Waals surface area (Å²) in [5.74, 6) is -1.22. The zero-order chi connectivity index (χ0) is 13.1. The van der Waals surface area contributed by atoms with E-state index in [1.807, 2.05) is 13.1 Å². The smallest absolute Gasteiger partial charge is 0.126 e. The van der Waals surface area contributed by atoms with E-state index in [4.69, 9.17) is 11.6 Å². The van der Waals surface area contributed by atoms with Crippen LogP contribution >= 0.6 is 11.6 Å². The fourth-order valence-electron chi connectivity index (χ4n) is 1.82. The first-order valence-electron chi connectivity index (χ1n) is 5.49. The monoisotopic (exact) mass is 267 g/mol. The molecule has 0 aromatic heterocycles. The van der Waals surface area contributed by atoms with Crippen LogP contribution in [0.2, 0.25) is 5.02 Å². The minimum atomic E-state index is -0.611. The van der Waals surface area contributed by atoms with Crippen molar-refractivity contribution in [3.05, 3.63) is 58.6 Å². The van der Waals surface area contributed by atoms with E-state index in [2.05, 4.69) is 5.32 Å². The lowest BCUT2D eigenvalue weighted by Crippen LogP contribution is -2.04. The molecule has 0 aliphatic rings. The van der Waals surface area contributed by atoms with E-state index in [9.17, 15) is 8.78 Å². The van der Waals surface area contributed by atoms with Crippen LogP contribution in [-0.2, 0) is 6.54 Å². The third-order valence-corrected chi connectivity index (χ3v) is 2.90. The normalized spacial score (nSPS) is 10.7. The largest absolute Gasteiger partial charge is 0.316 e. The van der Waals surface area contributed by atoms with E-state index in [0.29, 0.717) is 22.7 Å². The van der Waals surface area contributed by atoms with E-state index < -0.39 is 11.6 Å². The minimum absolute atomic E-state index is 0.438. The molecular weight excluding hydrogens is 256 g/mol. The van der Waals surface area contributed by atoms with Gasteiger partial charge in [-0.3, -0.25) is 0 Å². The summed E-state index contributed by atoms with van der Waals surface area (Å²) in [6, 6.07) is 8.80. The first-order valence-corrected chi connectivity index (χ1v) is 5.87. The number of nitrogens with one attached hydrogen (secondary N) is 1. The Bertz CT molecular complexity index is 549. The third-order valence-electron chi connectivity index (χ3n) is 2.59. The highest BCUT2D eigenvalue weighted by Gasteiger charge is 2.07. The Hall–Kier alpha value is -1.45. The molecule has 0 aliphatic heterocycles. The van der Waals surface area contributed by atoms with Crippen molar-refractivity contribution in [3.8, 4) is 11.1 Å². The molecule has 0 fully saturated rings. The van der Waals surface area contributed by atoms with E-state index in [1.54, 1.807) is 12.1 Å². The number of hydrogen-bond donors (Lipinski definition) is 1. The van der Waals surface area contributed by atoms with Crippen molar-refractivity contribution >= 4 is 11.6 Å². The molecule has 0 amide bonds. The quantitative estimate of drug-likeness (QED) is 0.886. The maximum atomic E-state index is 13.2. The Morgan fingerprint density at radius 3 is 2.28 bits per heavy atom. The number of rotatable bonds is 3. The van der Waals surface area contributed by atoms with Gasteiger partial charge in [0.05, 0.1) is 0 Å². The number of halogens is 3. The molecule has 0 spiro atoms. The van der Waals surface area contributed by atoms with Gasteiger partial charge < -0.3 is 5.32 Å². The summed E-state index contributed by atoms with van der Waals surface area (Å²) in [5, 5.41) is 3.49. The molecule has 0 saturated carbocycles. The van der Waals surface area contributed by atoms with Crippen molar-refractivity contribution in [2.24, 2.45) is 0 Å². The predicted octanol–water partition coefficient (Wildman–Crippen LogP) is 4.00. The Morgan fingerprint density at radius 2 is 1.72 bits per heavy atom. The van der Waals surface area contributed by atoms with Crippen LogP contribution < -0.4 is 5.32 Å². The fourth-order valence-corrected chi connectivity index (χ4v) is 2.13. The average molecular weight is 268 g/mol. The predicted molar refractivity (Wildman–Crippen MR) is 69.6 cm³/mol. The van der Waals surface area contributed by atoms with Crippen LogP contribution in [0, 0.1) is 11.6 Å². The zero-order valence-electron chi connectivity index (χ0n) is 9.81. The van der Waals surface area contributed by atoms with Crippen LogP contribution in [0.5, 0.6) is 0 Å². The van der Waals surface area contributed by atoms with Crippen LogP contribution in [0.25, 0.3) is 11.1 Å². The third kappa shape index (κ3) is 2.86. The van der Waals surface area contributed by atoms with Crippen molar-refractivity contribution in [1.82, 2.24) is 5.32 Å². The lowest BCUT2D eigenvalue weighted by molar-refractivity contribution is 0.584. The maximum Gasteiger partial charge on any atom is 0.126 e. The lowest BCUT2D eigenvalue weighted by atomic mass is 10.0. The van der Waals surface area contributed by atoms with E-state index in [1.165, 1.54) is 12.1 Å². The van der Waals surface area contributed by atoms with Gasteiger partial charge in [-0.1, -0.05) is 23.7 Å². The summed E-state index contributed by atoms with van der Waals surface area (Å²) < 4.78 is 26.3. The molecule has 94 valence electrons. The van der Waals surface area contributed by atoms with Gasteiger partial charge in [0, 0.05) is 23.2 Å². The average Bonchev–Trinajstić information content (AvgIpc) is 2.28. The Labute approximate surface area is 109 Å². The van der Waals surface area contributed by atoms with Crippen molar-refractivity contribution < 1.29 is 8.78 Å². The van der Waals surface area contributed by atoms with Gasteiger partial charge in [0.2, 0.25) is 0 Å². The second kappa shape index (κ2) is 5.46.